The van der Waals surface area contributed by atoms with E-state index in [1.165, 1.54) is 7.11 Å². The van der Waals surface area contributed by atoms with Gasteiger partial charge in [-0.25, -0.2) is 4.79 Å². The second-order valence-electron chi connectivity index (χ2n) is 9.10. The number of carbonyl (C=O) groups is 3. The molecule has 2 aromatic rings. The molecule has 8 nitrogen and oxygen atoms in total. The van der Waals surface area contributed by atoms with Crippen molar-refractivity contribution >= 4 is 17.7 Å². The summed E-state index contributed by atoms with van der Waals surface area (Å²) in [5, 5.41) is 3.31. The topological polar surface area (TPSA) is 100 Å². The predicted octanol–water partition coefficient (Wildman–Crippen LogP) is 4.42. The third-order valence-electron chi connectivity index (χ3n) is 7.04. The fourth-order valence-corrected chi connectivity index (χ4v) is 5.50. The SMILES string of the molecule is CCOC(=O)C1=C(C)NC2=C(C(=O)[C@H](C(=O)OCC)[C@@H](c3ccccc3OC)C2)[C@H]1c1ccccc1OC. The van der Waals surface area contributed by atoms with Gasteiger partial charge in [-0.3, -0.25) is 9.59 Å². The van der Waals surface area contributed by atoms with Crippen LogP contribution < -0.4 is 14.8 Å². The summed E-state index contributed by atoms with van der Waals surface area (Å²) >= 11 is 0. The Morgan fingerprint density at radius 2 is 1.47 bits per heavy atom. The van der Waals surface area contributed by atoms with Gasteiger partial charge in [0.05, 0.1) is 38.9 Å². The van der Waals surface area contributed by atoms with Crippen molar-refractivity contribution in [3.8, 4) is 11.5 Å². The van der Waals surface area contributed by atoms with Crippen molar-refractivity contribution in [2.45, 2.75) is 39.0 Å². The van der Waals surface area contributed by atoms with Crippen LogP contribution in [0.3, 0.4) is 0 Å². The van der Waals surface area contributed by atoms with Crippen LogP contribution in [0.5, 0.6) is 11.5 Å². The van der Waals surface area contributed by atoms with E-state index in [2.05, 4.69) is 5.32 Å². The zero-order valence-electron chi connectivity index (χ0n) is 22.3. The number of benzene rings is 2. The third kappa shape index (κ3) is 4.78. The van der Waals surface area contributed by atoms with Crippen LogP contribution in [-0.2, 0) is 23.9 Å². The first-order chi connectivity index (χ1) is 18.4. The summed E-state index contributed by atoms with van der Waals surface area (Å²) in [5.41, 5.74) is 3.25. The summed E-state index contributed by atoms with van der Waals surface area (Å²) < 4.78 is 22.0. The minimum atomic E-state index is -1.12. The smallest absolute Gasteiger partial charge is 0.336 e. The monoisotopic (exact) mass is 519 g/mol. The first kappa shape index (κ1) is 27.0. The molecule has 0 amide bonds. The molecule has 0 radical (unpaired) electrons. The summed E-state index contributed by atoms with van der Waals surface area (Å²) in [7, 11) is 3.10. The average Bonchev–Trinajstić information content (AvgIpc) is 2.92. The number of Topliss-reactive ketones (excluding diaryl/α,β-unsaturated/α-hetero) is 1. The standard InChI is InChI=1S/C30H33NO7/c1-6-37-29(33)24-17(3)31-21-16-20(18-12-8-10-14-22(18)35-4)26(30(34)38-7-2)28(32)27(21)25(24)19-13-9-11-15-23(19)36-5/h8-15,20,25-26,31H,6-7,16H2,1-5H3/t20-,25+,26-/m1/s1. The number of esters is 2. The Morgan fingerprint density at radius 3 is 2.08 bits per heavy atom. The zero-order chi connectivity index (χ0) is 27.4. The zero-order valence-corrected chi connectivity index (χ0v) is 22.3. The Balaban J connectivity index is 1.95. The molecule has 1 heterocycles. The molecule has 38 heavy (non-hydrogen) atoms. The van der Waals surface area contributed by atoms with Crippen LogP contribution in [0.25, 0.3) is 0 Å². The molecule has 0 unspecified atom stereocenters. The van der Waals surface area contributed by atoms with Gasteiger partial charge in [-0.15, -0.1) is 0 Å². The summed E-state index contributed by atoms with van der Waals surface area (Å²) in [6.45, 7) is 5.54. The van der Waals surface area contributed by atoms with Crippen molar-refractivity contribution in [2.75, 3.05) is 27.4 Å². The van der Waals surface area contributed by atoms with Crippen molar-refractivity contribution < 1.29 is 33.3 Å². The van der Waals surface area contributed by atoms with E-state index in [0.29, 0.717) is 46.0 Å². The highest BCUT2D eigenvalue weighted by Crippen LogP contribution is 2.50. The van der Waals surface area contributed by atoms with Crippen molar-refractivity contribution in [2.24, 2.45) is 5.92 Å². The minimum Gasteiger partial charge on any atom is -0.496 e. The number of ketones is 1. The lowest BCUT2D eigenvalue weighted by Gasteiger charge is -2.39. The summed E-state index contributed by atoms with van der Waals surface area (Å²) in [6.07, 6.45) is 0.337. The molecule has 1 aliphatic carbocycles. The highest BCUT2D eigenvalue weighted by Gasteiger charge is 2.50. The highest BCUT2D eigenvalue weighted by atomic mass is 16.5. The van der Waals surface area contributed by atoms with Gasteiger partial charge in [-0.05, 0) is 44.9 Å². The molecule has 0 spiro atoms. The van der Waals surface area contributed by atoms with E-state index in [-0.39, 0.29) is 13.2 Å². The van der Waals surface area contributed by atoms with E-state index in [1.807, 2.05) is 42.5 Å². The molecule has 1 N–H and O–H groups in total. The van der Waals surface area contributed by atoms with Crippen molar-refractivity contribution in [3.63, 3.8) is 0 Å². The number of nitrogens with one attached hydrogen (secondary N) is 1. The maximum absolute atomic E-state index is 14.4. The van der Waals surface area contributed by atoms with Gasteiger partial charge in [-0.1, -0.05) is 36.4 Å². The average molecular weight is 520 g/mol. The van der Waals surface area contributed by atoms with Gasteiger partial charge in [-0.2, -0.15) is 0 Å². The van der Waals surface area contributed by atoms with Gasteiger partial charge >= 0.3 is 11.9 Å². The number of hydrogen-bond donors (Lipinski definition) is 1. The molecule has 3 atom stereocenters. The van der Waals surface area contributed by atoms with E-state index >= 15 is 0 Å². The molecule has 200 valence electrons. The first-order valence-corrected chi connectivity index (χ1v) is 12.7. The number of hydrogen-bond acceptors (Lipinski definition) is 8. The minimum absolute atomic E-state index is 0.133. The van der Waals surface area contributed by atoms with Gasteiger partial charge in [0.2, 0.25) is 0 Å². The molecule has 4 rings (SSSR count). The van der Waals surface area contributed by atoms with Gasteiger partial charge in [0.25, 0.3) is 0 Å². The second-order valence-corrected chi connectivity index (χ2v) is 9.10. The lowest BCUT2D eigenvalue weighted by Crippen LogP contribution is -2.43. The van der Waals surface area contributed by atoms with Crippen LogP contribution in [0.1, 0.15) is 50.2 Å². The summed E-state index contributed by atoms with van der Waals surface area (Å²) in [5.74, 6) is -2.88. The number of rotatable bonds is 8. The number of ether oxygens (including phenoxy) is 4. The van der Waals surface area contributed by atoms with E-state index in [9.17, 15) is 14.4 Å². The molecule has 8 heteroatoms. The Kier molecular flexibility index (Phi) is 8.20. The van der Waals surface area contributed by atoms with E-state index < -0.39 is 35.5 Å². The third-order valence-corrected chi connectivity index (χ3v) is 7.04. The maximum atomic E-state index is 14.4. The van der Waals surface area contributed by atoms with Crippen LogP contribution in [0, 0.1) is 5.92 Å². The van der Waals surface area contributed by atoms with Crippen molar-refractivity contribution in [1.29, 1.82) is 0 Å². The summed E-state index contributed by atoms with van der Waals surface area (Å²) in [6, 6.07) is 14.6. The number of carbonyl (C=O) groups excluding carboxylic acids is 3. The molecule has 2 aromatic carbocycles. The molecule has 0 aromatic heterocycles. The molecule has 1 aliphatic heterocycles. The normalized spacial score (nSPS) is 20.9. The molecule has 0 fully saturated rings. The van der Waals surface area contributed by atoms with E-state index in [0.717, 1.165) is 5.56 Å². The van der Waals surface area contributed by atoms with Crippen molar-refractivity contribution in [1.82, 2.24) is 5.32 Å². The van der Waals surface area contributed by atoms with Crippen molar-refractivity contribution in [3.05, 3.63) is 82.2 Å². The first-order valence-electron chi connectivity index (χ1n) is 12.7. The van der Waals surface area contributed by atoms with Crippen LogP contribution in [0.4, 0.5) is 0 Å². The number of methoxy groups -OCH3 is 2. The van der Waals surface area contributed by atoms with Gasteiger partial charge in [0.15, 0.2) is 5.78 Å². The Labute approximate surface area is 222 Å². The van der Waals surface area contributed by atoms with Crippen LogP contribution in [-0.4, -0.2) is 45.2 Å². The number of dihydropyridines is 1. The van der Waals surface area contributed by atoms with E-state index in [1.54, 1.807) is 33.9 Å². The van der Waals surface area contributed by atoms with E-state index in [4.69, 9.17) is 18.9 Å². The molecule has 0 bridgehead atoms. The number of para-hydroxylation sites is 2. The fourth-order valence-electron chi connectivity index (χ4n) is 5.50. The predicted molar refractivity (Wildman–Crippen MR) is 141 cm³/mol. The second kappa shape index (κ2) is 11.5. The molecular weight excluding hydrogens is 486 g/mol. The largest absolute Gasteiger partial charge is 0.496 e. The Bertz CT molecular complexity index is 1310. The maximum Gasteiger partial charge on any atom is 0.336 e. The molecule has 0 saturated heterocycles. The Morgan fingerprint density at radius 1 is 0.895 bits per heavy atom. The number of allylic oxidation sites excluding steroid dienone is 3. The lowest BCUT2D eigenvalue weighted by atomic mass is 9.67. The van der Waals surface area contributed by atoms with Gasteiger partial charge in [0, 0.05) is 28.4 Å². The fraction of sp³-hybridized carbons (Fsp3) is 0.367. The summed E-state index contributed by atoms with van der Waals surface area (Å²) in [4.78, 5) is 41.0. The lowest BCUT2D eigenvalue weighted by molar-refractivity contribution is -0.152. The molecule has 0 saturated carbocycles. The van der Waals surface area contributed by atoms with Crippen LogP contribution >= 0.6 is 0 Å². The van der Waals surface area contributed by atoms with Crippen LogP contribution in [0.2, 0.25) is 0 Å². The highest BCUT2D eigenvalue weighted by molar-refractivity contribution is 6.13. The van der Waals surface area contributed by atoms with Crippen LogP contribution in [0.15, 0.2) is 71.1 Å². The molecular formula is C30H33NO7. The quantitative estimate of drug-likeness (QED) is 0.404. The van der Waals surface area contributed by atoms with Gasteiger partial charge in [0.1, 0.15) is 17.4 Å². The van der Waals surface area contributed by atoms with Gasteiger partial charge < -0.3 is 24.3 Å². The molecule has 2 aliphatic rings. The Hall–Kier alpha value is -4.07.